The van der Waals surface area contributed by atoms with Crippen molar-refractivity contribution in [3.05, 3.63) is 0 Å². The van der Waals surface area contributed by atoms with Gasteiger partial charge in [0.2, 0.25) is 0 Å². The molecule has 0 aliphatic carbocycles. The Morgan fingerprint density at radius 2 is 1.74 bits per heavy atom. The number of unbranched alkanes of at least 4 members (excludes halogenated alkanes) is 6. The molecule has 0 bridgehead atoms. The zero-order valence-electron chi connectivity index (χ0n) is 15.4. The number of rotatable bonds is 8. The molecule has 0 spiro atoms. The van der Waals surface area contributed by atoms with E-state index in [1.54, 1.807) is 20.9 Å². The lowest BCUT2D eigenvalue weighted by Gasteiger charge is -2.39. The van der Waals surface area contributed by atoms with Crippen molar-refractivity contribution in [1.82, 2.24) is 10.2 Å². The summed E-state index contributed by atoms with van der Waals surface area (Å²) in [6, 6.07) is 0. The lowest BCUT2D eigenvalue weighted by Crippen LogP contribution is -2.57. The van der Waals surface area contributed by atoms with Gasteiger partial charge < -0.3 is 10.2 Å². The highest BCUT2D eigenvalue weighted by Gasteiger charge is 2.40. The van der Waals surface area contributed by atoms with Crippen LogP contribution in [0.15, 0.2) is 4.99 Å². The van der Waals surface area contributed by atoms with E-state index >= 15 is 0 Å². The minimum Gasteiger partial charge on any atom is -0.356 e. The van der Waals surface area contributed by atoms with E-state index < -0.39 is 14.6 Å². The summed E-state index contributed by atoms with van der Waals surface area (Å²) in [6.07, 6.45) is 9.01. The van der Waals surface area contributed by atoms with Gasteiger partial charge in [-0.3, -0.25) is 4.99 Å². The Bertz CT molecular complexity index is 472. The van der Waals surface area contributed by atoms with Crippen LogP contribution in [0.4, 0.5) is 0 Å². The Morgan fingerprint density at radius 3 is 2.30 bits per heavy atom. The fraction of sp³-hybridized carbons (Fsp3) is 0.941. The van der Waals surface area contributed by atoms with E-state index in [2.05, 4.69) is 22.1 Å². The maximum atomic E-state index is 12.1. The minimum absolute atomic E-state index is 0.206. The third kappa shape index (κ3) is 6.32. The lowest BCUT2D eigenvalue weighted by atomic mass is 10.1. The number of hydrogen-bond donors (Lipinski definition) is 1. The van der Waals surface area contributed by atoms with E-state index in [1.807, 2.05) is 0 Å². The van der Waals surface area contributed by atoms with Crippen LogP contribution < -0.4 is 5.32 Å². The molecule has 0 unspecified atom stereocenters. The minimum atomic E-state index is -3.00. The highest BCUT2D eigenvalue weighted by atomic mass is 32.2. The Morgan fingerprint density at radius 1 is 1.13 bits per heavy atom. The summed E-state index contributed by atoms with van der Waals surface area (Å²) in [6.45, 7) is 7.79. The molecule has 0 saturated carbocycles. The van der Waals surface area contributed by atoms with Gasteiger partial charge in [0, 0.05) is 26.7 Å². The van der Waals surface area contributed by atoms with Crippen molar-refractivity contribution in [3.8, 4) is 0 Å². The van der Waals surface area contributed by atoms with Crippen molar-refractivity contribution in [3.63, 3.8) is 0 Å². The summed E-state index contributed by atoms with van der Waals surface area (Å²) in [5.41, 5.74) is 0. The van der Waals surface area contributed by atoms with Gasteiger partial charge in [-0.2, -0.15) is 0 Å². The summed E-state index contributed by atoms with van der Waals surface area (Å²) < 4.78 is 23.5. The van der Waals surface area contributed by atoms with Crippen LogP contribution in [0.25, 0.3) is 0 Å². The normalized spacial score (nSPS) is 20.5. The zero-order chi connectivity index (χ0) is 17.3. The number of nitrogens with one attached hydrogen (secondary N) is 1. The number of nitrogens with zero attached hydrogens (tertiary/aromatic N) is 2. The second kappa shape index (κ2) is 9.50. The van der Waals surface area contributed by atoms with Gasteiger partial charge in [0.15, 0.2) is 15.8 Å². The summed E-state index contributed by atoms with van der Waals surface area (Å²) in [7, 11) is -1.23. The van der Waals surface area contributed by atoms with E-state index in [0.717, 1.165) is 18.9 Å². The number of sulfone groups is 1. The molecular formula is C17H35N3O2S. The van der Waals surface area contributed by atoms with Crippen LogP contribution in [0.2, 0.25) is 0 Å². The molecule has 1 aliphatic heterocycles. The van der Waals surface area contributed by atoms with E-state index in [1.165, 1.54) is 38.5 Å². The van der Waals surface area contributed by atoms with Crippen LogP contribution in [-0.4, -0.2) is 56.5 Å². The lowest BCUT2D eigenvalue weighted by molar-refractivity contribution is 0.353. The third-order valence-corrected chi connectivity index (χ3v) is 7.15. The van der Waals surface area contributed by atoms with Gasteiger partial charge in [-0.1, -0.05) is 45.4 Å². The van der Waals surface area contributed by atoms with Crippen LogP contribution in [-0.2, 0) is 9.84 Å². The molecular weight excluding hydrogens is 310 g/mol. The van der Waals surface area contributed by atoms with Crippen molar-refractivity contribution < 1.29 is 8.42 Å². The van der Waals surface area contributed by atoms with Crippen molar-refractivity contribution >= 4 is 15.8 Å². The third-order valence-electron chi connectivity index (χ3n) is 4.62. The summed E-state index contributed by atoms with van der Waals surface area (Å²) in [4.78, 5) is 6.39. The molecule has 1 saturated heterocycles. The van der Waals surface area contributed by atoms with Gasteiger partial charge in [0.05, 0.1) is 10.5 Å². The first kappa shape index (κ1) is 20.3. The molecule has 6 heteroatoms. The summed E-state index contributed by atoms with van der Waals surface area (Å²) >= 11 is 0. The van der Waals surface area contributed by atoms with Crippen molar-refractivity contribution in [2.45, 2.75) is 70.5 Å². The van der Waals surface area contributed by atoms with Gasteiger partial charge in [-0.05, 0) is 20.3 Å². The van der Waals surface area contributed by atoms with Crippen LogP contribution in [0.5, 0.6) is 0 Å². The zero-order valence-corrected chi connectivity index (χ0v) is 16.2. The molecule has 5 nitrogen and oxygen atoms in total. The average molecular weight is 346 g/mol. The summed E-state index contributed by atoms with van der Waals surface area (Å²) in [5.74, 6) is 1.04. The van der Waals surface area contributed by atoms with Gasteiger partial charge in [0.25, 0.3) is 0 Å². The van der Waals surface area contributed by atoms with Crippen LogP contribution in [0, 0.1) is 0 Å². The Kier molecular flexibility index (Phi) is 8.37. The molecule has 0 radical (unpaired) electrons. The molecule has 1 fully saturated rings. The molecule has 0 atom stereocenters. The highest BCUT2D eigenvalue weighted by molar-refractivity contribution is 7.92. The standard InChI is InChI=1S/C17H35N3O2S/c1-5-6-7-8-9-10-11-12-19-16(18-4)20-13-14-23(21,22)17(2,3)15-20/h5-15H2,1-4H3,(H,18,19). The molecule has 0 aromatic carbocycles. The van der Waals surface area contributed by atoms with Gasteiger partial charge in [-0.25, -0.2) is 8.42 Å². The molecule has 0 aromatic heterocycles. The highest BCUT2D eigenvalue weighted by Crippen LogP contribution is 2.23. The first-order chi connectivity index (χ1) is 10.8. The Labute approximate surface area is 142 Å². The smallest absolute Gasteiger partial charge is 0.193 e. The van der Waals surface area contributed by atoms with Crippen LogP contribution >= 0.6 is 0 Å². The molecule has 0 amide bonds. The topological polar surface area (TPSA) is 61.8 Å². The van der Waals surface area contributed by atoms with Crippen molar-refractivity contribution in [1.29, 1.82) is 0 Å². The fourth-order valence-corrected chi connectivity index (χ4v) is 4.30. The van der Waals surface area contributed by atoms with E-state index in [-0.39, 0.29) is 5.75 Å². The second-order valence-electron chi connectivity index (χ2n) is 7.10. The van der Waals surface area contributed by atoms with E-state index in [9.17, 15) is 8.42 Å². The average Bonchev–Trinajstić information content (AvgIpc) is 2.49. The van der Waals surface area contributed by atoms with E-state index in [0.29, 0.717) is 13.1 Å². The molecule has 1 N–H and O–H groups in total. The molecule has 1 heterocycles. The van der Waals surface area contributed by atoms with Gasteiger partial charge in [-0.15, -0.1) is 0 Å². The van der Waals surface area contributed by atoms with Crippen LogP contribution in [0.3, 0.4) is 0 Å². The number of aliphatic imine (C=N–C) groups is 1. The molecule has 136 valence electrons. The van der Waals surface area contributed by atoms with Crippen molar-refractivity contribution in [2.75, 3.05) is 32.4 Å². The SMILES string of the molecule is CCCCCCCCCNC(=NC)N1CCS(=O)(=O)C(C)(C)C1. The number of guanidine groups is 1. The van der Waals surface area contributed by atoms with E-state index in [4.69, 9.17) is 0 Å². The fourth-order valence-electron chi connectivity index (χ4n) is 2.94. The Hall–Kier alpha value is -0.780. The summed E-state index contributed by atoms with van der Waals surface area (Å²) in [5, 5.41) is 3.39. The molecule has 0 aromatic rings. The predicted octanol–water partition coefficient (Wildman–Crippen LogP) is 2.82. The Balaban J connectivity index is 2.30. The van der Waals surface area contributed by atoms with Crippen molar-refractivity contribution in [2.24, 2.45) is 4.99 Å². The maximum absolute atomic E-state index is 12.1. The van der Waals surface area contributed by atoms with Gasteiger partial charge >= 0.3 is 0 Å². The second-order valence-corrected chi connectivity index (χ2v) is 9.84. The monoisotopic (exact) mass is 345 g/mol. The van der Waals surface area contributed by atoms with Crippen LogP contribution in [0.1, 0.15) is 65.7 Å². The molecule has 1 aliphatic rings. The largest absolute Gasteiger partial charge is 0.356 e. The quantitative estimate of drug-likeness (QED) is 0.417. The maximum Gasteiger partial charge on any atom is 0.193 e. The number of hydrogen-bond acceptors (Lipinski definition) is 3. The first-order valence-electron chi connectivity index (χ1n) is 9.02. The van der Waals surface area contributed by atoms with Gasteiger partial charge in [0.1, 0.15) is 0 Å². The predicted molar refractivity (Wildman–Crippen MR) is 98.8 cm³/mol. The first-order valence-corrected chi connectivity index (χ1v) is 10.7. The molecule has 1 rings (SSSR count). The molecule has 23 heavy (non-hydrogen) atoms.